The SMILES string of the molecule is CSCC[C@@H](NC(=O)Cn1cnc2ccccc21)C(=O)O. The van der Waals surface area contributed by atoms with Crippen LogP contribution in [0.2, 0.25) is 0 Å². The topological polar surface area (TPSA) is 84.2 Å². The smallest absolute Gasteiger partial charge is 0.326 e. The van der Waals surface area contributed by atoms with Gasteiger partial charge in [-0.15, -0.1) is 0 Å². The number of benzene rings is 1. The highest BCUT2D eigenvalue weighted by molar-refractivity contribution is 7.98. The van der Waals surface area contributed by atoms with Gasteiger partial charge in [-0.2, -0.15) is 11.8 Å². The first kappa shape index (κ1) is 15.4. The molecular formula is C14H17N3O3S. The van der Waals surface area contributed by atoms with Crippen LogP contribution < -0.4 is 5.32 Å². The second kappa shape index (κ2) is 7.12. The number of aromatic nitrogens is 2. The Morgan fingerprint density at radius 3 is 2.90 bits per heavy atom. The zero-order chi connectivity index (χ0) is 15.2. The number of carboxylic acids is 1. The van der Waals surface area contributed by atoms with E-state index in [0.29, 0.717) is 12.2 Å². The molecule has 0 unspecified atom stereocenters. The summed E-state index contributed by atoms with van der Waals surface area (Å²) in [6.45, 7) is 0.0591. The predicted octanol–water partition coefficient (Wildman–Crippen LogP) is 1.36. The highest BCUT2D eigenvalue weighted by atomic mass is 32.2. The van der Waals surface area contributed by atoms with E-state index in [0.717, 1.165) is 11.0 Å². The van der Waals surface area contributed by atoms with Crippen molar-refractivity contribution in [3.05, 3.63) is 30.6 Å². The van der Waals surface area contributed by atoms with E-state index in [2.05, 4.69) is 10.3 Å². The molecule has 0 aliphatic rings. The first-order valence-electron chi connectivity index (χ1n) is 6.53. The molecule has 0 spiro atoms. The van der Waals surface area contributed by atoms with Crippen LogP contribution in [0, 0.1) is 0 Å². The van der Waals surface area contributed by atoms with Gasteiger partial charge in [0.15, 0.2) is 0 Å². The molecule has 112 valence electrons. The minimum absolute atomic E-state index is 0.0591. The van der Waals surface area contributed by atoms with E-state index in [-0.39, 0.29) is 12.5 Å². The lowest BCUT2D eigenvalue weighted by Gasteiger charge is -2.14. The molecule has 2 rings (SSSR count). The summed E-state index contributed by atoms with van der Waals surface area (Å²) < 4.78 is 1.71. The number of carbonyl (C=O) groups is 2. The Hall–Kier alpha value is -2.02. The second-order valence-corrected chi connectivity index (χ2v) is 5.59. The van der Waals surface area contributed by atoms with Gasteiger partial charge in [0.25, 0.3) is 0 Å². The fourth-order valence-electron chi connectivity index (χ4n) is 2.02. The van der Waals surface area contributed by atoms with Crippen LogP contribution in [0.15, 0.2) is 30.6 Å². The summed E-state index contributed by atoms with van der Waals surface area (Å²) in [4.78, 5) is 27.3. The summed E-state index contributed by atoms with van der Waals surface area (Å²) in [5, 5.41) is 11.7. The Morgan fingerprint density at radius 2 is 2.19 bits per heavy atom. The first-order valence-corrected chi connectivity index (χ1v) is 7.92. The van der Waals surface area contributed by atoms with Crippen LogP contribution in [0.1, 0.15) is 6.42 Å². The van der Waals surface area contributed by atoms with Gasteiger partial charge >= 0.3 is 5.97 Å². The normalized spacial score (nSPS) is 12.2. The minimum Gasteiger partial charge on any atom is -0.480 e. The van der Waals surface area contributed by atoms with Crippen LogP contribution in [0.3, 0.4) is 0 Å². The molecule has 0 saturated heterocycles. The standard InChI is InChI=1S/C14H17N3O3S/c1-21-7-6-11(14(19)20)16-13(18)8-17-9-15-10-4-2-3-5-12(10)17/h2-5,9,11H,6-8H2,1H3,(H,16,18)(H,19,20)/t11-/m1/s1. The van der Waals surface area contributed by atoms with Gasteiger partial charge in [0.05, 0.1) is 17.4 Å². The summed E-state index contributed by atoms with van der Waals surface area (Å²) in [7, 11) is 0. The summed E-state index contributed by atoms with van der Waals surface area (Å²) in [6, 6.07) is 6.64. The third-order valence-corrected chi connectivity index (χ3v) is 3.73. The number of carboxylic acid groups (broad SMARTS) is 1. The van der Waals surface area contributed by atoms with Crippen molar-refractivity contribution in [1.29, 1.82) is 0 Å². The maximum atomic E-state index is 12.0. The Balaban J connectivity index is 2.02. The van der Waals surface area contributed by atoms with Gasteiger partial charge in [-0.25, -0.2) is 9.78 Å². The molecule has 0 aliphatic carbocycles. The van der Waals surface area contributed by atoms with E-state index in [9.17, 15) is 9.59 Å². The van der Waals surface area contributed by atoms with Gasteiger partial charge in [0.1, 0.15) is 12.6 Å². The third-order valence-electron chi connectivity index (χ3n) is 3.09. The van der Waals surface area contributed by atoms with Crippen molar-refractivity contribution in [1.82, 2.24) is 14.9 Å². The minimum atomic E-state index is -1.01. The summed E-state index contributed by atoms with van der Waals surface area (Å²) in [5.74, 6) is -0.648. The van der Waals surface area contributed by atoms with E-state index < -0.39 is 12.0 Å². The van der Waals surface area contributed by atoms with Crippen LogP contribution in [0.4, 0.5) is 0 Å². The number of aliphatic carboxylic acids is 1. The maximum Gasteiger partial charge on any atom is 0.326 e. The Bertz CT molecular complexity index is 641. The number of nitrogens with zero attached hydrogens (tertiary/aromatic N) is 2. The van der Waals surface area contributed by atoms with Gasteiger partial charge in [-0.05, 0) is 30.6 Å². The Labute approximate surface area is 126 Å². The quantitative estimate of drug-likeness (QED) is 0.807. The van der Waals surface area contributed by atoms with Crippen LogP contribution >= 0.6 is 11.8 Å². The Morgan fingerprint density at radius 1 is 1.43 bits per heavy atom. The van der Waals surface area contributed by atoms with Crippen molar-refractivity contribution in [3.8, 4) is 0 Å². The molecule has 1 amide bonds. The molecule has 0 bridgehead atoms. The summed E-state index contributed by atoms with van der Waals surface area (Å²) in [5.41, 5.74) is 1.66. The van der Waals surface area contributed by atoms with Crippen LogP contribution in [0.25, 0.3) is 11.0 Å². The molecule has 1 heterocycles. The molecule has 6 nitrogen and oxygen atoms in total. The number of imidazole rings is 1. The van der Waals surface area contributed by atoms with E-state index in [1.54, 1.807) is 22.7 Å². The van der Waals surface area contributed by atoms with E-state index in [4.69, 9.17) is 5.11 Å². The van der Waals surface area contributed by atoms with Gasteiger partial charge in [-0.1, -0.05) is 12.1 Å². The fraction of sp³-hybridized carbons (Fsp3) is 0.357. The number of carbonyl (C=O) groups excluding carboxylic acids is 1. The summed E-state index contributed by atoms with van der Waals surface area (Å²) >= 11 is 1.55. The Kier molecular flexibility index (Phi) is 5.21. The molecule has 0 aliphatic heterocycles. The van der Waals surface area contributed by atoms with Gasteiger partial charge in [-0.3, -0.25) is 4.79 Å². The lowest BCUT2D eigenvalue weighted by molar-refractivity contribution is -0.141. The van der Waals surface area contributed by atoms with Crippen LogP contribution in [-0.4, -0.2) is 44.6 Å². The molecule has 1 atom stereocenters. The highest BCUT2D eigenvalue weighted by Gasteiger charge is 2.19. The van der Waals surface area contributed by atoms with Crippen molar-refractivity contribution in [2.45, 2.75) is 19.0 Å². The molecule has 0 radical (unpaired) electrons. The van der Waals surface area contributed by atoms with E-state index in [1.807, 2.05) is 30.5 Å². The molecule has 21 heavy (non-hydrogen) atoms. The molecule has 2 N–H and O–H groups in total. The maximum absolute atomic E-state index is 12.0. The number of para-hydroxylation sites is 2. The third kappa shape index (κ3) is 3.98. The lowest BCUT2D eigenvalue weighted by Crippen LogP contribution is -2.42. The van der Waals surface area contributed by atoms with E-state index in [1.165, 1.54) is 0 Å². The molecule has 1 aromatic carbocycles. The highest BCUT2D eigenvalue weighted by Crippen LogP contribution is 2.11. The van der Waals surface area contributed by atoms with Gasteiger partial charge in [0, 0.05) is 0 Å². The molecular weight excluding hydrogens is 290 g/mol. The molecule has 2 aromatic rings. The predicted molar refractivity (Wildman–Crippen MR) is 82.3 cm³/mol. The molecule has 1 aromatic heterocycles. The number of amides is 1. The average molecular weight is 307 g/mol. The van der Waals surface area contributed by atoms with Crippen LogP contribution in [0.5, 0.6) is 0 Å². The number of nitrogens with one attached hydrogen (secondary N) is 1. The summed E-state index contributed by atoms with van der Waals surface area (Å²) in [6.07, 6.45) is 3.90. The number of rotatable bonds is 7. The molecule has 0 saturated carbocycles. The second-order valence-electron chi connectivity index (χ2n) is 4.60. The monoisotopic (exact) mass is 307 g/mol. The number of hydrogen-bond donors (Lipinski definition) is 2. The van der Waals surface area contributed by atoms with E-state index >= 15 is 0 Å². The van der Waals surface area contributed by atoms with Crippen molar-refractivity contribution in [2.24, 2.45) is 0 Å². The van der Waals surface area contributed by atoms with Crippen molar-refractivity contribution < 1.29 is 14.7 Å². The van der Waals surface area contributed by atoms with Crippen molar-refractivity contribution in [2.75, 3.05) is 12.0 Å². The first-order chi connectivity index (χ1) is 10.1. The zero-order valence-electron chi connectivity index (χ0n) is 11.7. The van der Waals surface area contributed by atoms with Gasteiger partial charge in [0.2, 0.25) is 5.91 Å². The van der Waals surface area contributed by atoms with Crippen LogP contribution in [-0.2, 0) is 16.1 Å². The zero-order valence-corrected chi connectivity index (χ0v) is 12.5. The largest absolute Gasteiger partial charge is 0.480 e. The van der Waals surface area contributed by atoms with Crippen molar-refractivity contribution >= 4 is 34.7 Å². The van der Waals surface area contributed by atoms with Crippen molar-refractivity contribution in [3.63, 3.8) is 0 Å². The lowest BCUT2D eigenvalue weighted by atomic mass is 10.2. The number of thioether (sulfide) groups is 1. The fourth-order valence-corrected chi connectivity index (χ4v) is 2.50. The molecule has 7 heteroatoms. The average Bonchev–Trinajstić information content (AvgIpc) is 2.86. The van der Waals surface area contributed by atoms with Gasteiger partial charge < -0.3 is 15.0 Å². The number of hydrogen-bond acceptors (Lipinski definition) is 4. The number of fused-ring (bicyclic) bond motifs is 1. The molecule has 0 fully saturated rings.